The molecule has 0 saturated heterocycles. The van der Waals surface area contributed by atoms with Gasteiger partial charge in [0.2, 0.25) is 5.54 Å². The van der Waals surface area contributed by atoms with Crippen LogP contribution in [0.2, 0.25) is 0 Å². The van der Waals surface area contributed by atoms with Crippen LogP contribution in [0.4, 0.5) is 9.59 Å². The van der Waals surface area contributed by atoms with E-state index in [1.165, 1.54) is 6.92 Å². The maximum atomic E-state index is 12.8. The average Bonchev–Trinajstić information content (AvgIpc) is 2.37. The molecule has 9 heteroatoms. The summed E-state index contributed by atoms with van der Waals surface area (Å²) in [7, 11) is 0. The van der Waals surface area contributed by atoms with Gasteiger partial charge in [-0.05, 0) is 76.2 Å². The minimum absolute atomic E-state index is 0.517. The van der Waals surface area contributed by atoms with E-state index in [1.54, 1.807) is 62.3 Å². The minimum atomic E-state index is -2.17. The Hall–Kier alpha value is -2.32. The Balaban J connectivity index is 6.12. The van der Waals surface area contributed by atoms with Crippen LogP contribution in [0.5, 0.6) is 0 Å². The van der Waals surface area contributed by atoms with Crippen LogP contribution in [0.25, 0.3) is 0 Å². The number of hydrogen-bond acceptors (Lipinski definition) is 7. The van der Waals surface area contributed by atoms with Crippen LogP contribution < -0.4 is 5.43 Å². The van der Waals surface area contributed by atoms with Gasteiger partial charge in [-0.15, -0.1) is 0 Å². The van der Waals surface area contributed by atoms with E-state index >= 15 is 0 Å². The smallest absolute Gasteiger partial charge is 0.430 e. The Kier molecular flexibility index (Phi) is 7.67. The van der Waals surface area contributed by atoms with E-state index in [0.717, 1.165) is 6.92 Å². The molecule has 9 nitrogen and oxygen atoms in total. The topological polar surface area (TPSA) is 111 Å². The van der Waals surface area contributed by atoms with Crippen molar-refractivity contribution >= 4 is 23.9 Å². The second-order valence-electron chi connectivity index (χ2n) is 9.56. The molecule has 0 aromatic heterocycles. The summed E-state index contributed by atoms with van der Waals surface area (Å²) in [5.41, 5.74) is -2.77. The Morgan fingerprint density at radius 3 is 1.39 bits per heavy atom. The van der Waals surface area contributed by atoms with Gasteiger partial charge in [0.25, 0.3) is 0 Å². The number of rotatable bonds is 3. The number of carbonyl (C=O) groups excluding carboxylic acids is 4. The van der Waals surface area contributed by atoms with Crippen molar-refractivity contribution in [3.63, 3.8) is 0 Å². The summed E-state index contributed by atoms with van der Waals surface area (Å²) in [6, 6.07) is 0. The van der Waals surface area contributed by atoms with Crippen molar-refractivity contribution in [1.29, 1.82) is 0 Å². The highest BCUT2D eigenvalue weighted by Gasteiger charge is 2.52. The first-order valence-electron chi connectivity index (χ1n) is 8.96. The number of carbonyl (C=O) groups is 4. The minimum Gasteiger partial charge on any atom is -0.458 e. The van der Waals surface area contributed by atoms with Gasteiger partial charge in [-0.2, -0.15) is 5.01 Å². The molecule has 0 heterocycles. The van der Waals surface area contributed by atoms with Crippen molar-refractivity contribution < 1.29 is 33.4 Å². The first kappa shape index (κ1) is 25.7. The lowest BCUT2D eigenvalue weighted by atomic mass is 9.96. The molecule has 0 radical (unpaired) electrons. The average molecular weight is 402 g/mol. The lowest BCUT2D eigenvalue weighted by Crippen LogP contribution is -2.67. The number of amides is 2. The maximum Gasteiger partial charge on any atom is 0.430 e. The molecule has 0 bridgehead atoms. The second kappa shape index (κ2) is 8.36. The number of ketones is 1. The van der Waals surface area contributed by atoms with Crippen LogP contribution in [0.3, 0.4) is 0 Å². The standard InChI is InChI=1S/C19H34N2O7/c1-12(22)19(11,13(23)26-16(2,3)4)21(15(25)28-18(8,9)10)20-14(24)27-17(5,6)7/h1-11H3,(H,20,24)/t19-/m0/s1. The predicted octanol–water partition coefficient (Wildman–Crippen LogP) is 3.35. The van der Waals surface area contributed by atoms with Gasteiger partial charge in [0, 0.05) is 0 Å². The number of hydrogen-bond donors (Lipinski definition) is 1. The molecule has 0 spiro atoms. The number of hydrazine groups is 1. The molecule has 0 aliphatic carbocycles. The fourth-order valence-electron chi connectivity index (χ4n) is 1.81. The quantitative estimate of drug-likeness (QED) is 0.333. The van der Waals surface area contributed by atoms with E-state index in [0.29, 0.717) is 5.01 Å². The molecule has 0 unspecified atom stereocenters. The van der Waals surface area contributed by atoms with E-state index in [1.807, 2.05) is 0 Å². The number of Topliss-reactive ketones (excluding diaryl/α,β-unsaturated/α-hetero) is 1. The lowest BCUT2D eigenvalue weighted by molar-refractivity contribution is -0.172. The summed E-state index contributed by atoms with van der Waals surface area (Å²) in [5.74, 6) is -1.75. The van der Waals surface area contributed by atoms with E-state index in [4.69, 9.17) is 14.2 Å². The van der Waals surface area contributed by atoms with Gasteiger partial charge >= 0.3 is 18.2 Å². The molecule has 0 aliphatic heterocycles. The normalized spacial score (nSPS) is 14.4. The molecule has 0 fully saturated rings. The number of esters is 1. The highest BCUT2D eigenvalue weighted by Crippen LogP contribution is 2.24. The zero-order chi connectivity index (χ0) is 22.7. The molecule has 1 atom stereocenters. The molecule has 162 valence electrons. The second-order valence-corrected chi connectivity index (χ2v) is 9.56. The molecular formula is C19H34N2O7. The van der Waals surface area contributed by atoms with Crippen LogP contribution >= 0.6 is 0 Å². The van der Waals surface area contributed by atoms with Crippen molar-refractivity contribution in [2.24, 2.45) is 0 Å². The molecular weight excluding hydrogens is 368 g/mol. The molecule has 0 aromatic carbocycles. The number of nitrogens with zero attached hydrogens (tertiary/aromatic N) is 1. The van der Waals surface area contributed by atoms with Crippen LogP contribution in [0, 0.1) is 0 Å². The van der Waals surface area contributed by atoms with E-state index in [2.05, 4.69) is 5.43 Å². The third kappa shape index (κ3) is 8.14. The fourth-order valence-corrected chi connectivity index (χ4v) is 1.81. The SMILES string of the molecule is CC(=O)[C@@](C)(C(=O)OC(C)(C)C)N(NC(=O)OC(C)(C)C)C(=O)OC(C)(C)C. The molecule has 2 amide bonds. The molecule has 28 heavy (non-hydrogen) atoms. The lowest BCUT2D eigenvalue weighted by Gasteiger charge is -2.39. The van der Waals surface area contributed by atoms with Gasteiger partial charge in [-0.1, -0.05) is 0 Å². The molecule has 0 aromatic rings. The van der Waals surface area contributed by atoms with Gasteiger partial charge in [-0.3, -0.25) is 4.79 Å². The Labute approximate surface area is 167 Å². The van der Waals surface area contributed by atoms with Gasteiger partial charge in [0.1, 0.15) is 16.8 Å². The summed E-state index contributed by atoms with van der Waals surface area (Å²) in [6.45, 7) is 16.8. The summed E-state index contributed by atoms with van der Waals surface area (Å²) in [4.78, 5) is 50.3. The summed E-state index contributed by atoms with van der Waals surface area (Å²) >= 11 is 0. The van der Waals surface area contributed by atoms with Gasteiger partial charge in [0.05, 0.1) is 0 Å². The third-order valence-corrected chi connectivity index (χ3v) is 3.11. The first-order valence-corrected chi connectivity index (χ1v) is 8.96. The Bertz CT molecular complexity index is 624. The van der Waals surface area contributed by atoms with Crippen LogP contribution in [0.15, 0.2) is 0 Å². The van der Waals surface area contributed by atoms with Crippen molar-refractivity contribution in [3.05, 3.63) is 0 Å². The zero-order valence-corrected chi connectivity index (χ0v) is 18.8. The highest BCUT2D eigenvalue weighted by atomic mass is 16.6. The van der Waals surface area contributed by atoms with Crippen LogP contribution in [-0.2, 0) is 23.8 Å². The molecule has 0 aliphatic rings. The van der Waals surface area contributed by atoms with Crippen LogP contribution in [-0.4, -0.2) is 51.3 Å². The van der Waals surface area contributed by atoms with Crippen molar-refractivity contribution in [2.45, 2.75) is 98.5 Å². The van der Waals surface area contributed by atoms with E-state index in [9.17, 15) is 19.2 Å². The van der Waals surface area contributed by atoms with Gasteiger partial charge in [-0.25, -0.2) is 19.8 Å². The molecule has 1 N–H and O–H groups in total. The number of nitrogens with one attached hydrogen (secondary N) is 1. The third-order valence-electron chi connectivity index (χ3n) is 3.11. The molecule has 0 saturated carbocycles. The largest absolute Gasteiger partial charge is 0.458 e. The first-order chi connectivity index (χ1) is 12.2. The fraction of sp³-hybridized carbons (Fsp3) is 0.789. The summed E-state index contributed by atoms with van der Waals surface area (Å²) in [6.07, 6.45) is -2.14. The van der Waals surface area contributed by atoms with E-state index in [-0.39, 0.29) is 0 Å². The number of ether oxygens (including phenoxy) is 3. The Morgan fingerprint density at radius 1 is 0.679 bits per heavy atom. The van der Waals surface area contributed by atoms with Gasteiger partial charge < -0.3 is 14.2 Å². The van der Waals surface area contributed by atoms with Crippen LogP contribution in [0.1, 0.15) is 76.2 Å². The summed E-state index contributed by atoms with van der Waals surface area (Å²) < 4.78 is 15.7. The predicted molar refractivity (Wildman–Crippen MR) is 102 cm³/mol. The monoisotopic (exact) mass is 402 g/mol. The maximum absolute atomic E-state index is 12.8. The molecule has 0 rings (SSSR count). The summed E-state index contributed by atoms with van der Waals surface area (Å²) in [5, 5.41) is 0.517. The Morgan fingerprint density at radius 2 is 1.07 bits per heavy atom. The van der Waals surface area contributed by atoms with Crippen molar-refractivity contribution in [1.82, 2.24) is 10.4 Å². The highest BCUT2D eigenvalue weighted by molar-refractivity contribution is 6.09. The van der Waals surface area contributed by atoms with Crippen molar-refractivity contribution in [3.8, 4) is 0 Å². The zero-order valence-electron chi connectivity index (χ0n) is 18.8. The van der Waals surface area contributed by atoms with Gasteiger partial charge in [0.15, 0.2) is 5.78 Å². The van der Waals surface area contributed by atoms with Crippen molar-refractivity contribution in [2.75, 3.05) is 0 Å². The van der Waals surface area contributed by atoms with E-state index < -0.39 is 46.3 Å².